The third-order valence-electron chi connectivity index (χ3n) is 2.38. The lowest BCUT2D eigenvalue weighted by Crippen LogP contribution is -1.97. The molecule has 78 valence electrons. The number of hydrogen-bond acceptors (Lipinski definition) is 3. The van der Waals surface area contributed by atoms with Crippen LogP contribution in [0.3, 0.4) is 0 Å². The number of nitrogen functional groups attached to an aromatic ring is 1. The van der Waals surface area contributed by atoms with Gasteiger partial charge in [-0.15, -0.1) is 11.3 Å². The zero-order valence-electron chi connectivity index (χ0n) is 8.52. The summed E-state index contributed by atoms with van der Waals surface area (Å²) in [5, 5.41) is 2.12. The van der Waals surface area contributed by atoms with Crippen molar-refractivity contribution in [2.24, 2.45) is 0 Å². The zero-order valence-corrected chi connectivity index (χ0v) is 9.33. The van der Waals surface area contributed by atoms with Gasteiger partial charge < -0.3 is 5.73 Å². The minimum absolute atomic E-state index is 0.670. The Labute approximate surface area is 93.8 Å². The summed E-state index contributed by atoms with van der Waals surface area (Å²) >= 11 is 1.82. The second-order valence-corrected chi connectivity index (χ2v) is 4.51. The van der Waals surface area contributed by atoms with Crippen molar-refractivity contribution in [1.82, 2.24) is 4.98 Å². The molecule has 2 heterocycles. The van der Waals surface area contributed by atoms with Crippen LogP contribution >= 0.6 is 11.3 Å². The van der Waals surface area contributed by atoms with E-state index in [9.17, 15) is 0 Å². The fraction of sp³-hybridized carbons (Fsp3) is 0.250. The Morgan fingerprint density at radius 3 is 2.87 bits per heavy atom. The van der Waals surface area contributed by atoms with E-state index in [1.54, 1.807) is 6.20 Å². The average molecular weight is 218 g/mol. The second-order valence-electron chi connectivity index (χ2n) is 3.48. The molecule has 0 spiro atoms. The summed E-state index contributed by atoms with van der Waals surface area (Å²) in [5.74, 6) is 0.670. The maximum absolute atomic E-state index is 5.77. The first-order valence-electron chi connectivity index (χ1n) is 5.08. The number of nitrogens with zero attached hydrogens (tertiary/aromatic N) is 1. The van der Waals surface area contributed by atoms with Crippen molar-refractivity contribution >= 4 is 17.2 Å². The average Bonchev–Trinajstić information content (AvgIpc) is 2.74. The molecule has 2 aromatic heterocycles. The molecule has 0 unspecified atom stereocenters. The topological polar surface area (TPSA) is 38.9 Å². The highest BCUT2D eigenvalue weighted by Crippen LogP contribution is 2.15. The van der Waals surface area contributed by atoms with Crippen LogP contribution in [0.5, 0.6) is 0 Å². The molecule has 2 N–H and O–H groups in total. The fourth-order valence-corrected chi connectivity index (χ4v) is 2.32. The van der Waals surface area contributed by atoms with Gasteiger partial charge in [0.2, 0.25) is 0 Å². The quantitative estimate of drug-likeness (QED) is 0.857. The third kappa shape index (κ3) is 2.80. The zero-order chi connectivity index (χ0) is 10.5. The van der Waals surface area contributed by atoms with Crippen LogP contribution in [-0.2, 0) is 12.8 Å². The SMILES string of the molecule is Nc1ncccc1CCCc1cccs1. The van der Waals surface area contributed by atoms with E-state index < -0.39 is 0 Å². The summed E-state index contributed by atoms with van der Waals surface area (Å²) in [4.78, 5) is 5.52. The summed E-state index contributed by atoms with van der Waals surface area (Å²) in [7, 11) is 0. The summed E-state index contributed by atoms with van der Waals surface area (Å²) in [6, 6.07) is 8.27. The molecule has 0 atom stereocenters. The van der Waals surface area contributed by atoms with E-state index in [0.717, 1.165) is 24.8 Å². The van der Waals surface area contributed by atoms with E-state index in [-0.39, 0.29) is 0 Å². The predicted octanol–water partition coefficient (Wildman–Crippen LogP) is 2.90. The molecule has 0 saturated carbocycles. The number of rotatable bonds is 4. The van der Waals surface area contributed by atoms with Crippen LogP contribution in [-0.4, -0.2) is 4.98 Å². The smallest absolute Gasteiger partial charge is 0.126 e. The van der Waals surface area contributed by atoms with Gasteiger partial charge in [0, 0.05) is 11.1 Å². The van der Waals surface area contributed by atoms with Gasteiger partial charge in [-0.1, -0.05) is 12.1 Å². The first-order valence-corrected chi connectivity index (χ1v) is 5.96. The van der Waals surface area contributed by atoms with Gasteiger partial charge in [-0.2, -0.15) is 0 Å². The Bertz CT molecular complexity index is 409. The van der Waals surface area contributed by atoms with Gasteiger partial charge in [-0.25, -0.2) is 4.98 Å². The van der Waals surface area contributed by atoms with Crippen LogP contribution in [0, 0.1) is 0 Å². The van der Waals surface area contributed by atoms with Gasteiger partial charge in [0.15, 0.2) is 0 Å². The highest BCUT2D eigenvalue weighted by atomic mass is 32.1. The molecule has 2 aromatic rings. The fourth-order valence-electron chi connectivity index (χ4n) is 1.57. The molecule has 0 amide bonds. The summed E-state index contributed by atoms with van der Waals surface area (Å²) in [6.45, 7) is 0. The van der Waals surface area contributed by atoms with Gasteiger partial charge >= 0.3 is 0 Å². The third-order valence-corrected chi connectivity index (χ3v) is 3.31. The number of pyridine rings is 1. The monoisotopic (exact) mass is 218 g/mol. The van der Waals surface area contributed by atoms with Gasteiger partial charge in [-0.3, -0.25) is 0 Å². The molecule has 0 aliphatic heterocycles. The number of aromatic nitrogens is 1. The Morgan fingerprint density at radius 1 is 1.20 bits per heavy atom. The number of aryl methyl sites for hydroxylation is 2. The predicted molar refractivity (Wildman–Crippen MR) is 65.0 cm³/mol. The number of nitrogens with two attached hydrogens (primary N) is 1. The van der Waals surface area contributed by atoms with Gasteiger partial charge in [0.1, 0.15) is 5.82 Å². The molecule has 2 rings (SSSR count). The van der Waals surface area contributed by atoms with Gasteiger partial charge in [0.05, 0.1) is 0 Å². The Hall–Kier alpha value is -1.35. The lowest BCUT2D eigenvalue weighted by atomic mass is 10.1. The van der Waals surface area contributed by atoms with E-state index in [1.807, 2.05) is 17.4 Å². The molecule has 0 radical (unpaired) electrons. The van der Waals surface area contributed by atoms with Crippen molar-refractivity contribution in [2.45, 2.75) is 19.3 Å². The first-order chi connectivity index (χ1) is 7.36. The van der Waals surface area contributed by atoms with Crippen molar-refractivity contribution in [2.75, 3.05) is 5.73 Å². The summed E-state index contributed by atoms with van der Waals surface area (Å²) in [5.41, 5.74) is 6.93. The molecule has 0 bridgehead atoms. The van der Waals surface area contributed by atoms with Gasteiger partial charge in [-0.05, 0) is 42.3 Å². The molecule has 0 aromatic carbocycles. The van der Waals surface area contributed by atoms with Crippen molar-refractivity contribution < 1.29 is 0 Å². The molecule has 0 aliphatic rings. The maximum Gasteiger partial charge on any atom is 0.126 e. The number of anilines is 1. The molecule has 0 aliphatic carbocycles. The summed E-state index contributed by atoms with van der Waals surface area (Å²) in [6.07, 6.45) is 5.01. The highest BCUT2D eigenvalue weighted by Gasteiger charge is 1.99. The van der Waals surface area contributed by atoms with Crippen LogP contribution in [0.4, 0.5) is 5.82 Å². The standard InChI is InChI=1S/C12H14N2S/c13-12-10(5-2-8-14-12)4-1-6-11-7-3-9-15-11/h2-3,5,7-9H,1,4,6H2,(H2,13,14). The largest absolute Gasteiger partial charge is 0.383 e. The number of hydrogen-bond donors (Lipinski definition) is 1. The van der Waals surface area contributed by atoms with Crippen LogP contribution in [0.2, 0.25) is 0 Å². The van der Waals surface area contributed by atoms with E-state index in [1.165, 1.54) is 4.88 Å². The van der Waals surface area contributed by atoms with E-state index in [4.69, 9.17) is 5.73 Å². The van der Waals surface area contributed by atoms with Crippen LogP contribution in [0.15, 0.2) is 35.8 Å². The second kappa shape index (κ2) is 4.94. The molecular formula is C12H14N2S. The molecule has 3 heteroatoms. The van der Waals surface area contributed by atoms with E-state index in [2.05, 4.69) is 28.6 Å². The van der Waals surface area contributed by atoms with Crippen LogP contribution in [0.1, 0.15) is 16.9 Å². The molecular weight excluding hydrogens is 204 g/mol. The summed E-state index contributed by atoms with van der Waals surface area (Å²) < 4.78 is 0. The number of thiophene rings is 1. The van der Waals surface area contributed by atoms with Gasteiger partial charge in [0.25, 0.3) is 0 Å². The van der Waals surface area contributed by atoms with E-state index in [0.29, 0.717) is 5.82 Å². The van der Waals surface area contributed by atoms with Crippen molar-refractivity contribution in [3.05, 3.63) is 46.3 Å². The molecule has 0 saturated heterocycles. The normalized spacial score (nSPS) is 10.4. The lowest BCUT2D eigenvalue weighted by molar-refractivity contribution is 0.829. The Kier molecular flexibility index (Phi) is 3.35. The highest BCUT2D eigenvalue weighted by molar-refractivity contribution is 7.09. The maximum atomic E-state index is 5.77. The minimum atomic E-state index is 0.670. The Balaban J connectivity index is 1.86. The molecule has 2 nitrogen and oxygen atoms in total. The first kappa shape index (κ1) is 10.2. The molecule has 15 heavy (non-hydrogen) atoms. The van der Waals surface area contributed by atoms with Crippen LogP contribution in [0.25, 0.3) is 0 Å². The lowest BCUT2D eigenvalue weighted by Gasteiger charge is -2.02. The van der Waals surface area contributed by atoms with E-state index >= 15 is 0 Å². The molecule has 0 fully saturated rings. The van der Waals surface area contributed by atoms with Crippen molar-refractivity contribution in [1.29, 1.82) is 0 Å². The van der Waals surface area contributed by atoms with Crippen molar-refractivity contribution in [3.8, 4) is 0 Å². The Morgan fingerprint density at radius 2 is 2.13 bits per heavy atom. The van der Waals surface area contributed by atoms with Crippen molar-refractivity contribution in [3.63, 3.8) is 0 Å². The minimum Gasteiger partial charge on any atom is -0.383 e. The van der Waals surface area contributed by atoms with Crippen LogP contribution < -0.4 is 5.73 Å².